The molecule has 1 N–H and O–H groups in total. The molecule has 0 aromatic heterocycles. The summed E-state index contributed by atoms with van der Waals surface area (Å²) >= 11 is 0. The van der Waals surface area contributed by atoms with Crippen LogP contribution in [0.5, 0.6) is 0 Å². The zero-order valence-electron chi connectivity index (χ0n) is 14.0. The van der Waals surface area contributed by atoms with E-state index in [1.807, 2.05) is 43.3 Å². The fourth-order valence-corrected chi connectivity index (χ4v) is 5.32. The number of aryl methyl sites for hydroxylation is 2. The second-order valence-electron chi connectivity index (χ2n) is 7.44. The molecule has 124 valence electrons. The van der Waals surface area contributed by atoms with Crippen LogP contribution in [-0.4, -0.2) is 23.3 Å². The Bertz CT molecular complexity index is 987. The molecule has 0 saturated carbocycles. The molecule has 0 heterocycles. The summed E-state index contributed by atoms with van der Waals surface area (Å²) in [6, 6.07) is 13.9. The third-order valence-electron chi connectivity index (χ3n) is 6.49. The lowest BCUT2D eigenvalue weighted by Gasteiger charge is -2.40. The van der Waals surface area contributed by atoms with Crippen LogP contribution in [0.4, 0.5) is 0 Å². The molecule has 3 nitrogen and oxygen atoms in total. The van der Waals surface area contributed by atoms with Crippen LogP contribution in [0, 0.1) is 0 Å². The van der Waals surface area contributed by atoms with Gasteiger partial charge in [0.25, 0.3) is 0 Å². The smallest absolute Gasteiger partial charge is 0.165 e. The Kier molecular flexibility index (Phi) is 2.69. The molecule has 2 bridgehead atoms. The largest absolute Gasteiger partial charge is 0.387 e. The third kappa shape index (κ3) is 1.43. The lowest BCUT2D eigenvalue weighted by atomic mass is 9.62. The van der Waals surface area contributed by atoms with Crippen LogP contribution < -0.4 is 0 Å². The molecule has 1 spiro atoms. The van der Waals surface area contributed by atoms with E-state index in [0.29, 0.717) is 5.57 Å². The van der Waals surface area contributed by atoms with E-state index < -0.39 is 16.9 Å². The van der Waals surface area contributed by atoms with Crippen LogP contribution in [-0.2, 0) is 33.3 Å². The summed E-state index contributed by atoms with van der Waals surface area (Å²) in [5.74, 6) is -0.0751. The first kappa shape index (κ1) is 14.8. The summed E-state index contributed by atoms with van der Waals surface area (Å²) in [6.07, 6.45) is 2.96. The summed E-state index contributed by atoms with van der Waals surface area (Å²) < 4.78 is 0. The molecule has 0 fully saturated rings. The molecule has 5 rings (SSSR count). The number of hydrogen-bond acceptors (Lipinski definition) is 3. The highest BCUT2D eigenvalue weighted by molar-refractivity contribution is 6.14. The number of aldehydes is 1. The van der Waals surface area contributed by atoms with Crippen molar-refractivity contribution in [2.24, 2.45) is 0 Å². The van der Waals surface area contributed by atoms with Crippen molar-refractivity contribution in [3.63, 3.8) is 0 Å². The monoisotopic (exact) mass is 330 g/mol. The van der Waals surface area contributed by atoms with Gasteiger partial charge in [0.1, 0.15) is 11.7 Å². The minimum absolute atomic E-state index is 0.0751. The molecule has 2 aromatic rings. The van der Waals surface area contributed by atoms with E-state index in [-0.39, 0.29) is 5.78 Å². The number of Topliss-reactive ketones (excluding diaryl/α,β-unsaturated/α-hetero) is 1. The molecule has 2 unspecified atom stereocenters. The first-order valence-corrected chi connectivity index (χ1v) is 8.68. The van der Waals surface area contributed by atoms with Gasteiger partial charge in [0.05, 0.1) is 11.5 Å². The summed E-state index contributed by atoms with van der Waals surface area (Å²) in [5, 5.41) is 11.2. The third-order valence-corrected chi connectivity index (χ3v) is 6.49. The van der Waals surface area contributed by atoms with Gasteiger partial charge in [-0.2, -0.15) is 0 Å². The highest BCUT2D eigenvalue weighted by Crippen LogP contribution is 2.60. The maximum Gasteiger partial charge on any atom is 0.165 e. The predicted octanol–water partition coefficient (Wildman–Crippen LogP) is 2.41. The molecule has 25 heavy (non-hydrogen) atoms. The second kappa shape index (κ2) is 4.55. The molecule has 3 atom stereocenters. The van der Waals surface area contributed by atoms with Crippen LogP contribution in [0.1, 0.15) is 34.7 Å². The van der Waals surface area contributed by atoms with Crippen molar-refractivity contribution in [3.05, 3.63) is 81.9 Å². The van der Waals surface area contributed by atoms with E-state index in [1.165, 1.54) is 0 Å². The predicted molar refractivity (Wildman–Crippen MR) is 93.6 cm³/mol. The average molecular weight is 330 g/mol. The van der Waals surface area contributed by atoms with Crippen molar-refractivity contribution >= 4 is 12.1 Å². The summed E-state index contributed by atoms with van der Waals surface area (Å²) in [4.78, 5) is 25.6. The Balaban J connectivity index is 2.01. The average Bonchev–Trinajstić information content (AvgIpc) is 2.74. The topological polar surface area (TPSA) is 54.4 Å². The van der Waals surface area contributed by atoms with Crippen molar-refractivity contribution < 1.29 is 14.7 Å². The number of hydrogen-bond donors (Lipinski definition) is 1. The van der Waals surface area contributed by atoms with Crippen LogP contribution in [0.2, 0.25) is 0 Å². The fraction of sp³-hybridized carbons (Fsp3) is 0.273. The number of aliphatic hydroxyl groups is 1. The fourth-order valence-electron chi connectivity index (χ4n) is 5.32. The summed E-state index contributed by atoms with van der Waals surface area (Å²) in [6.45, 7) is 1.83. The molecule has 0 aliphatic heterocycles. The van der Waals surface area contributed by atoms with Crippen LogP contribution in [0.3, 0.4) is 0 Å². The van der Waals surface area contributed by atoms with Gasteiger partial charge in [0.2, 0.25) is 0 Å². The summed E-state index contributed by atoms with van der Waals surface area (Å²) in [7, 11) is 0. The highest BCUT2D eigenvalue weighted by Gasteiger charge is 2.66. The van der Waals surface area contributed by atoms with Gasteiger partial charge >= 0.3 is 0 Å². The molecular formula is C22H18O3. The van der Waals surface area contributed by atoms with E-state index in [4.69, 9.17) is 0 Å². The molecule has 0 amide bonds. The molecule has 0 saturated heterocycles. The van der Waals surface area contributed by atoms with Crippen molar-refractivity contribution in [2.75, 3.05) is 0 Å². The zero-order chi connectivity index (χ0) is 17.4. The van der Waals surface area contributed by atoms with E-state index in [1.54, 1.807) is 6.08 Å². The number of benzene rings is 2. The van der Waals surface area contributed by atoms with E-state index in [0.717, 1.165) is 46.9 Å². The Morgan fingerprint density at radius 1 is 1.04 bits per heavy atom. The van der Waals surface area contributed by atoms with Crippen molar-refractivity contribution in [1.29, 1.82) is 0 Å². The highest BCUT2D eigenvalue weighted by atomic mass is 16.3. The lowest BCUT2D eigenvalue weighted by molar-refractivity contribution is -0.130. The number of ketones is 1. The second-order valence-corrected chi connectivity index (χ2v) is 7.44. The van der Waals surface area contributed by atoms with Gasteiger partial charge in [-0.1, -0.05) is 42.5 Å². The van der Waals surface area contributed by atoms with Crippen LogP contribution >= 0.6 is 0 Å². The maximum absolute atomic E-state index is 13.8. The Morgan fingerprint density at radius 2 is 1.72 bits per heavy atom. The van der Waals surface area contributed by atoms with Gasteiger partial charge in [-0.25, -0.2) is 0 Å². The Morgan fingerprint density at radius 3 is 2.52 bits per heavy atom. The summed E-state index contributed by atoms with van der Waals surface area (Å²) in [5.41, 5.74) is 3.18. The first-order chi connectivity index (χ1) is 12.1. The zero-order valence-corrected chi connectivity index (χ0v) is 14.0. The van der Waals surface area contributed by atoms with Gasteiger partial charge in [0, 0.05) is 5.57 Å². The van der Waals surface area contributed by atoms with Gasteiger partial charge in [-0.3, -0.25) is 9.59 Å². The molecule has 0 radical (unpaired) electrons. The van der Waals surface area contributed by atoms with Gasteiger partial charge in [0.15, 0.2) is 5.78 Å². The SMILES string of the molecule is CC12C(=O)C3(c4ccccc4CCc4cccc1c43)[C@@H](O)C=C2C=O. The molecule has 2 aromatic carbocycles. The molecule has 3 aliphatic carbocycles. The standard InChI is InChI=1S/C22H18O3/c1-21-15(12-23)11-18(24)22(20(21)25)16-7-3-2-5-13(16)9-10-14-6-4-8-17(21)19(14)22/h2-8,11-12,18,24H,9-10H2,1H3/t18-,21?,22?/m0/s1. The van der Waals surface area contributed by atoms with Crippen molar-refractivity contribution in [3.8, 4) is 0 Å². The maximum atomic E-state index is 13.8. The Hall–Kier alpha value is -2.52. The number of allylic oxidation sites excluding steroid dienone is 1. The van der Waals surface area contributed by atoms with Crippen LogP contribution in [0.25, 0.3) is 0 Å². The van der Waals surface area contributed by atoms with E-state index >= 15 is 0 Å². The van der Waals surface area contributed by atoms with Gasteiger partial charge in [-0.05, 0) is 53.7 Å². The van der Waals surface area contributed by atoms with Crippen LogP contribution in [0.15, 0.2) is 54.1 Å². The minimum atomic E-state index is -1.10. The van der Waals surface area contributed by atoms with E-state index in [9.17, 15) is 14.7 Å². The Labute approximate surface area is 146 Å². The number of carbonyl (C=O) groups excluding carboxylic acids is 2. The molecular weight excluding hydrogens is 312 g/mol. The van der Waals surface area contributed by atoms with Crippen molar-refractivity contribution in [1.82, 2.24) is 0 Å². The number of aliphatic hydroxyl groups excluding tert-OH is 1. The molecule has 3 aliphatic rings. The molecule has 3 heteroatoms. The number of carbonyl (C=O) groups is 2. The van der Waals surface area contributed by atoms with Gasteiger partial charge < -0.3 is 5.11 Å². The minimum Gasteiger partial charge on any atom is -0.387 e. The normalized spacial score (nSPS) is 31.7. The van der Waals surface area contributed by atoms with Gasteiger partial charge in [-0.15, -0.1) is 0 Å². The number of fused-ring (bicyclic) bond motifs is 3. The number of rotatable bonds is 1. The van der Waals surface area contributed by atoms with E-state index in [2.05, 4.69) is 6.07 Å². The van der Waals surface area contributed by atoms with Crippen molar-refractivity contribution in [2.45, 2.75) is 36.7 Å². The lowest BCUT2D eigenvalue weighted by Crippen LogP contribution is -2.53. The quantitative estimate of drug-likeness (QED) is 0.817. The first-order valence-electron chi connectivity index (χ1n) is 8.68.